The van der Waals surface area contributed by atoms with Crippen LogP contribution in [0.1, 0.15) is 362 Å². The fraction of sp³-hybridized carbons (Fsp3) is 0.953. The van der Waals surface area contributed by atoms with E-state index in [0.717, 1.165) is 69.6 Å². The van der Waals surface area contributed by atoms with Crippen molar-refractivity contribution in [2.24, 2.45) is 11.8 Å². The molecule has 416 valence electrons. The Balaban J connectivity index is 4.28. The molecule has 0 saturated heterocycles. The molecule has 6 nitrogen and oxygen atoms in total. The van der Waals surface area contributed by atoms with Gasteiger partial charge in [0.2, 0.25) is 0 Å². The lowest BCUT2D eigenvalue weighted by Gasteiger charge is -2.18. The van der Waals surface area contributed by atoms with Gasteiger partial charge in [0.25, 0.3) is 0 Å². The van der Waals surface area contributed by atoms with E-state index in [1.807, 2.05) is 0 Å². The molecule has 0 aliphatic carbocycles. The highest BCUT2D eigenvalue weighted by Gasteiger charge is 2.19. The van der Waals surface area contributed by atoms with Gasteiger partial charge >= 0.3 is 17.9 Å². The van der Waals surface area contributed by atoms with Crippen molar-refractivity contribution in [3.05, 3.63) is 0 Å². The molecule has 6 heteroatoms. The summed E-state index contributed by atoms with van der Waals surface area (Å²) in [4.78, 5) is 38.3. The van der Waals surface area contributed by atoms with Gasteiger partial charge in [0.05, 0.1) is 0 Å². The fourth-order valence-corrected chi connectivity index (χ4v) is 9.93. The number of ether oxygens (including phenoxy) is 3. The summed E-state index contributed by atoms with van der Waals surface area (Å²) in [5.74, 6) is 0.867. The van der Waals surface area contributed by atoms with E-state index in [-0.39, 0.29) is 31.1 Å². The number of hydrogen-bond donors (Lipinski definition) is 0. The van der Waals surface area contributed by atoms with Gasteiger partial charge in [-0.2, -0.15) is 0 Å². The second kappa shape index (κ2) is 56.7. The first-order chi connectivity index (χ1) is 34.2. The summed E-state index contributed by atoms with van der Waals surface area (Å²) >= 11 is 0. The predicted molar refractivity (Wildman–Crippen MR) is 303 cm³/mol. The third kappa shape index (κ3) is 57.3. The van der Waals surface area contributed by atoms with E-state index in [4.69, 9.17) is 14.2 Å². The molecule has 0 amide bonds. The third-order valence-electron chi connectivity index (χ3n) is 14.7. The summed E-state index contributed by atoms with van der Waals surface area (Å²) in [6.07, 6.45) is 62.4. The van der Waals surface area contributed by atoms with Crippen LogP contribution in [0.5, 0.6) is 0 Å². The molecule has 70 heavy (non-hydrogen) atoms. The van der Waals surface area contributed by atoms with Crippen LogP contribution in [0, 0.1) is 11.8 Å². The van der Waals surface area contributed by atoms with Crippen molar-refractivity contribution in [3.8, 4) is 0 Å². The summed E-state index contributed by atoms with van der Waals surface area (Å²) in [5, 5.41) is 0. The van der Waals surface area contributed by atoms with E-state index in [9.17, 15) is 14.4 Å². The van der Waals surface area contributed by atoms with Crippen molar-refractivity contribution in [2.45, 2.75) is 368 Å². The van der Waals surface area contributed by atoms with Crippen LogP contribution in [0.15, 0.2) is 0 Å². The van der Waals surface area contributed by atoms with Crippen LogP contribution >= 0.6 is 0 Å². The number of hydrogen-bond acceptors (Lipinski definition) is 6. The van der Waals surface area contributed by atoms with Crippen molar-refractivity contribution in [3.63, 3.8) is 0 Å². The fourth-order valence-electron chi connectivity index (χ4n) is 9.93. The largest absolute Gasteiger partial charge is 0.462 e. The number of rotatable bonds is 58. The standard InChI is InChI=1S/C64H124O6/c1-6-7-8-9-10-11-12-13-14-18-26-31-36-41-46-51-56-64(67)70-61(58-69-63(66)55-50-45-40-35-30-25-21-20-23-28-33-38-43-48-53-60(4)5)57-68-62(65)54-49-44-39-34-29-24-19-16-15-17-22-27-32-37-42-47-52-59(2)3/h59-61H,6-58H2,1-5H3/t61-/m0/s1. The van der Waals surface area contributed by atoms with Crippen molar-refractivity contribution in [1.29, 1.82) is 0 Å². The van der Waals surface area contributed by atoms with Crippen LogP contribution in [0.4, 0.5) is 0 Å². The molecular formula is C64H124O6. The molecule has 0 aromatic rings. The zero-order valence-corrected chi connectivity index (χ0v) is 48.2. The van der Waals surface area contributed by atoms with E-state index >= 15 is 0 Å². The van der Waals surface area contributed by atoms with E-state index < -0.39 is 6.10 Å². The molecule has 0 rings (SSSR count). The van der Waals surface area contributed by atoms with Gasteiger partial charge in [-0.25, -0.2) is 0 Å². The average molecular weight is 990 g/mol. The van der Waals surface area contributed by atoms with Crippen LogP contribution in [0.3, 0.4) is 0 Å². The number of carbonyl (C=O) groups excluding carboxylic acids is 3. The summed E-state index contributed by atoms with van der Waals surface area (Å²) < 4.78 is 17.0. The van der Waals surface area contributed by atoms with Crippen LogP contribution in [-0.2, 0) is 28.6 Å². The van der Waals surface area contributed by atoms with Crippen LogP contribution in [-0.4, -0.2) is 37.2 Å². The monoisotopic (exact) mass is 989 g/mol. The van der Waals surface area contributed by atoms with E-state index in [1.54, 1.807) is 0 Å². The highest BCUT2D eigenvalue weighted by atomic mass is 16.6. The molecule has 0 heterocycles. The molecule has 0 N–H and O–H groups in total. The van der Waals surface area contributed by atoms with Crippen molar-refractivity contribution in [1.82, 2.24) is 0 Å². The second-order valence-corrected chi connectivity index (χ2v) is 23.0. The Morgan fingerprint density at radius 1 is 0.271 bits per heavy atom. The van der Waals surface area contributed by atoms with Gasteiger partial charge in [-0.05, 0) is 31.1 Å². The topological polar surface area (TPSA) is 78.9 Å². The summed E-state index contributed by atoms with van der Waals surface area (Å²) in [6.45, 7) is 11.5. The molecule has 0 aliphatic heterocycles. The highest BCUT2D eigenvalue weighted by Crippen LogP contribution is 2.19. The minimum atomic E-state index is -0.763. The Hall–Kier alpha value is -1.59. The molecule has 0 bridgehead atoms. The first-order valence-corrected chi connectivity index (χ1v) is 31.7. The van der Waals surface area contributed by atoms with Crippen molar-refractivity contribution >= 4 is 17.9 Å². The Morgan fingerprint density at radius 3 is 0.700 bits per heavy atom. The smallest absolute Gasteiger partial charge is 0.306 e. The molecule has 0 unspecified atom stereocenters. The molecule has 0 aromatic carbocycles. The third-order valence-corrected chi connectivity index (χ3v) is 14.7. The lowest BCUT2D eigenvalue weighted by molar-refractivity contribution is -0.167. The van der Waals surface area contributed by atoms with Crippen LogP contribution in [0.2, 0.25) is 0 Å². The summed E-state index contributed by atoms with van der Waals surface area (Å²) in [6, 6.07) is 0. The quantitative estimate of drug-likeness (QED) is 0.0343. The van der Waals surface area contributed by atoms with E-state index in [1.165, 1.54) is 250 Å². The van der Waals surface area contributed by atoms with Gasteiger partial charge in [0.1, 0.15) is 13.2 Å². The minimum absolute atomic E-state index is 0.0618. The SMILES string of the molecule is CCCCCCCCCCCCCCCCCCC(=O)O[C@@H](COC(=O)CCCCCCCCCCCCCCCCCCC(C)C)COC(=O)CCCCCCCCCCCCCCCCC(C)C. The molecule has 0 radical (unpaired) electrons. The van der Waals surface area contributed by atoms with Gasteiger partial charge < -0.3 is 14.2 Å². The average Bonchev–Trinajstić information content (AvgIpc) is 3.33. The molecular weight excluding hydrogens is 865 g/mol. The maximum absolute atomic E-state index is 12.9. The zero-order valence-electron chi connectivity index (χ0n) is 48.2. The van der Waals surface area contributed by atoms with Crippen molar-refractivity contribution in [2.75, 3.05) is 13.2 Å². The van der Waals surface area contributed by atoms with E-state index in [2.05, 4.69) is 34.6 Å². The lowest BCUT2D eigenvalue weighted by atomic mass is 10.0. The van der Waals surface area contributed by atoms with E-state index in [0.29, 0.717) is 19.3 Å². The highest BCUT2D eigenvalue weighted by molar-refractivity contribution is 5.71. The van der Waals surface area contributed by atoms with Gasteiger partial charge in [-0.1, -0.05) is 324 Å². The first kappa shape index (κ1) is 68.4. The molecule has 1 atom stereocenters. The summed E-state index contributed by atoms with van der Waals surface area (Å²) in [7, 11) is 0. The van der Waals surface area contributed by atoms with Crippen molar-refractivity contribution < 1.29 is 28.6 Å². The molecule has 0 saturated carbocycles. The maximum Gasteiger partial charge on any atom is 0.306 e. The molecule has 0 aromatic heterocycles. The van der Waals surface area contributed by atoms with Gasteiger partial charge in [-0.3, -0.25) is 14.4 Å². The lowest BCUT2D eigenvalue weighted by Crippen LogP contribution is -2.30. The van der Waals surface area contributed by atoms with Gasteiger partial charge in [0.15, 0.2) is 6.10 Å². The molecule has 0 aliphatic rings. The van der Waals surface area contributed by atoms with Crippen LogP contribution in [0.25, 0.3) is 0 Å². The number of esters is 3. The molecule has 0 fully saturated rings. The minimum Gasteiger partial charge on any atom is -0.462 e. The Kier molecular flexibility index (Phi) is 55.4. The number of carbonyl (C=O) groups is 3. The normalized spacial score (nSPS) is 12.0. The van der Waals surface area contributed by atoms with Crippen LogP contribution < -0.4 is 0 Å². The zero-order chi connectivity index (χ0) is 51.1. The number of unbranched alkanes of at least 4 members (excludes halogenated alkanes) is 43. The second-order valence-electron chi connectivity index (χ2n) is 23.0. The Morgan fingerprint density at radius 2 is 0.471 bits per heavy atom. The maximum atomic E-state index is 12.9. The first-order valence-electron chi connectivity index (χ1n) is 31.7. The van der Waals surface area contributed by atoms with Gasteiger partial charge in [-0.15, -0.1) is 0 Å². The predicted octanol–water partition coefficient (Wildman–Crippen LogP) is 21.2. The molecule has 0 spiro atoms. The van der Waals surface area contributed by atoms with Gasteiger partial charge in [0, 0.05) is 19.3 Å². The Labute approximate surface area is 438 Å². The Bertz CT molecular complexity index is 1070. The summed E-state index contributed by atoms with van der Waals surface area (Å²) in [5.41, 5.74) is 0.